The number of hydrogen-bond acceptors (Lipinski definition) is 3. The molecule has 17 heavy (non-hydrogen) atoms. The van der Waals surface area contributed by atoms with E-state index in [0.717, 1.165) is 6.07 Å². The third-order valence-corrected chi connectivity index (χ3v) is 2.12. The fourth-order valence-corrected chi connectivity index (χ4v) is 1.32. The van der Waals surface area contributed by atoms with E-state index in [4.69, 9.17) is 0 Å². The molecular formula is C11H12F3NO2. The maximum absolute atomic E-state index is 13.1. The van der Waals surface area contributed by atoms with Crippen LogP contribution in [-0.2, 0) is 16.0 Å². The molecular weight excluding hydrogens is 235 g/mol. The number of ether oxygens (including phenoxy) is 1. The minimum Gasteiger partial charge on any atom is -0.466 e. The highest BCUT2D eigenvalue weighted by molar-refractivity contribution is 5.72. The van der Waals surface area contributed by atoms with Crippen LogP contribution in [0.4, 0.5) is 13.2 Å². The van der Waals surface area contributed by atoms with Gasteiger partial charge in [-0.1, -0.05) is 0 Å². The van der Waals surface area contributed by atoms with E-state index < -0.39 is 23.9 Å². The largest absolute Gasteiger partial charge is 0.466 e. The van der Waals surface area contributed by atoms with Crippen molar-refractivity contribution in [2.24, 2.45) is 0 Å². The van der Waals surface area contributed by atoms with Crippen molar-refractivity contribution in [3.8, 4) is 0 Å². The van der Waals surface area contributed by atoms with Crippen LogP contribution in [0.2, 0.25) is 0 Å². The van der Waals surface area contributed by atoms with E-state index in [1.165, 1.54) is 6.92 Å². The molecule has 0 spiro atoms. The smallest absolute Gasteiger partial charge is 0.311 e. The number of rotatable bonds is 4. The summed E-state index contributed by atoms with van der Waals surface area (Å²) in [6.07, 6.45) is -3.24. The van der Waals surface area contributed by atoms with Crippen LogP contribution in [0.3, 0.4) is 0 Å². The Morgan fingerprint density at radius 2 is 2.18 bits per heavy atom. The number of pyridine rings is 1. The minimum absolute atomic E-state index is 0.111. The third-order valence-electron chi connectivity index (χ3n) is 2.12. The number of aromatic nitrogens is 1. The summed E-state index contributed by atoms with van der Waals surface area (Å²) in [6, 6.07) is 0.947. The molecule has 0 aliphatic carbocycles. The van der Waals surface area contributed by atoms with Crippen molar-refractivity contribution in [3.63, 3.8) is 0 Å². The summed E-state index contributed by atoms with van der Waals surface area (Å²) < 4.78 is 42.6. The van der Waals surface area contributed by atoms with E-state index >= 15 is 0 Å². The van der Waals surface area contributed by atoms with Gasteiger partial charge >= 0.3 is 5.97 Å². The number of halogens is 3. The van der Waals surface area contributed by atoms with Gasteiger partial charge in [0.1, 0.15) is 5.69 Å². The quantitative estimate of drug-likeness (QED) is 0.767. The standard InChI is InChI=1S/C11H12F3NO2/c1-3-17-9(16)5-8-6(2)4-7(12)10(15-8)11(13)14/h4,11H,3,5H2,1-2H3. The summed E-state index contributed by atoms with van der Waals surface area (Å²) in [5.74, 6) is -1.64. The molecule has 0 aromatic carbocycles. The van der Waals surface area contributed by atoms with Crippen LogP contribution in [-0.4, -0.2) is 17.6 Å². The monoisotopic (exact) mass is 247 g/mol. The molecule has 0 saturated heterocycles. The van der Waals surface area contributed by atoms with Gasteiger partial charge < -0.3 is 4.74 Å². The first-order valence-electron chi connectivity index (χ1n) is 5.05. The zero-order valence-electron chi connectivity index (χ0n) is 9.47. The van der Waals surface area contributed by atoms with Crippen LogP contribution in [0, 0.1) is 12.7 Å². The van der Waals surface area contributed by atoms with Gasteiger partial charge in [0.05, 0.1) is 18.7 Å². The number of hydrogen-bond donors (Lipinski definition) is 0. The zero-order chi connectivity index (χ0) is 13.0. The molecule has 3 nitrogen and oxygen atoms in total. The van der Waals surface area contributed by atoms with Crippen molar-refractivity contribution >= 4 is 5.97 Å². The average Bonchev–Trinajstić information content (AvgIpc) is 2.21. The Morgan fingerprint density at radius 1 is 1.53 bits per heavy atom. The van der Waals surface area contributed by atoms with Gasteiger partial charge in [0.25, 0.3) is 6.43 Å². The van der Waals surface area contributed by atoms with Gasteiger partial charge in [-0.3, -0.25) is 4.79 Å². The van der Waals surface area contributed by atoms with Crippen molar-refractivity contribution < 1.29 is 22.7 Å². The van der Waals surface area contributed by atoms with Gasteiger partial charge in [0.15, 0.2) is 5.82 Å². The maximum Gasteiger partial charge on any atom is 0.311 e. The second-order valence-corrected chi connectivity index (χ2v) is 3.40. The van der Waals surface area contributed by atoms with Crippen LogP contribution >= 0.6 is 0 Å². The second-order valence-electron chi connectivity index (χ2n) is 3.40. The number of esters is 1. The fraction of sp³-hybridized carbons (Fsp3) is 0.455. The number of carbonyl (C=O) groups excluding carboxylic acids is 1. The Morgan fingerprint density at radius 3 is 2.71 bits per heavy atom. The molecule has 94 valence electrons. The molecule has 1 aromatic rings. The molecule has 1 rings (SSSR count). The van der Waals surface area contributed by atoms with Crippen molar-refractivity contribution in [2.75, 3.05) is 6.61 Å². The van der Waals surface area contributed by atoms with E-state index in [1.807, 2.05) is 0 Å². The molecule has 0 aliphatic rings. The van der Waals surface area contributed by atoms with Gasteiger partial charge in [0, 0.05) is 0 Å². The number of carbonyl (C=O) groups is 1. The SMILES string of the molecule is CCOC(=O)Cc1nc(C(F)F)c(F)cc1C. The van der Waals surface area contributed by atoms with Crippen molar-refractivity contribution in [1.29, 1.82) is 0 Å². The fourth-order valence-electron chi connectivity index (χ4n) is 1.32. The van der Waals surface area contributed by atoms with E-state index in [1.54, 1.807) is 6.92 Å². The summed E-state index contributed by atoms with van der Waals surface area (Å²) in [7, 11) is 0. The van der Waals surface area contributed by atoms with Gasteiger partial charge in [0.2, 0.25) is 0 Å². The molecule has 0 aliphatic heterocycles. The van der Waals surface area contributed by atoms with Gasteiger partial charge in [-0.25, -0.2) is 18.2 Å². The summed E-state index contributed by atoms with van der Waals surface area (Å²) in [5, 5.41) is 0. The molecule has 0 amide bonds. The Kier molecular flexibility index (Phi) is 4.48. The highest BCUT2D eigenvalue weighted by Crippen LogP contribution is 2.22. The lowest BCUT2D eigenvalue weighted by molar-refractivity contribution is -0.142. The van der Waals surface area contributed by atoms with Crippen molar-refractivity contribution in [2.45, 2.75) is 26.7 Å². The van der Waals surface area contributed by atoms with E-state index in [-0.39, 0.29) is 18.7 Å². The lowest BCUT2D eigenvalue weighted by atomic mass is 10.1. The predicted molar refractivity (Wildman–Crippen MR) is 54.2 cm³/mol. The first-order chi connectivity index (χ1) is 7.95. The first kappa shape index (κ1) is 13.5. The molecule has 0 N–H and O–H groups in total. The molecule has 0 bridgehead atoms. The van der Waals surface area contributed by atoms with Gasteiger partial charge in [-0.05, 0) is 25.5 Å². The van der Waals surface area contributed by atoms with Crippen molar-refractivity contribution in [1.82, 2.24) is 4.98 Å². The van der Waals surface area contributed by atoms with Crippen LogP contribution in [0.25, 0.3) is 0 Å². The van der Waals surface area contributed by atoms with Crippen LogP contribution in [0.1, 0.15) is 30.3 Å². The Labute approximate surface area is 96.6 Å². The van der Waals surface area contributed by atoms with Crippen LogP contribution in [0.5, 0.6) is 0 Å². The number of aryl methyl sites for hydroxylation is 1. The summed E-state index contributed by atoms with van der Waals surface area (Å²) in [5.41, 5.74) is -0.477. The number of alkyl halides is 2. The molecule has 0 unspecified atom stereocenters. The summed E-state index contributed by atoms with van der Waals surface area (Å²) in [4.78, 5) is 14.7. The predicted octanol–water partition coefficient (Wildman–Crippen LogP) is 2.57. The van der Waals surface area contributed by atoms with E-state index in [9.17, 15) is 18.0 Å². The van der Waals surface area contributed by atoms with Gasteiger partial charge in [-0.15, -0.1) is 0 Å². The van der Waals surface area contributed by atoms with Crippen molar-refractivity contribution in [3.05, 3.63) is 28.8 Å². The van der Waals surface area contributed by atoms with Crippen LogP contribution < -0.4 is 0 Å². The third kappa shape index (κ3) is 3.44. The molecule has 0 saturated carbocycles. The molecule has 6 heteroatoms. The number of nitrogens with zero attached hydrogens (tertiary/aromatic N) is 1. The molecule has 1 aromatic heterocycles. The zero-order valence-corrected chi connectivity index (χ0v) is 9.47. The second kappa shape index (κ2) is 5.65. The van der Waals surface area contributed by atoms with E-state index in [0.29, 0.717) is 5.56 Å². The Balaban J connectivity index is 2.99. The first-order valence-corrected chi connectivity index (χ1v) is 5.05. The van der Waals surface area contributed by atoms with Gasteiger partial charge in [-0.2, -0.15) is 0 Å². The highest BCUT2D eigenvalue weighted by Gasteiger charge is 2.19. The molecule has 0 radical (unpaired) electrons. The molecule has 0 fully saturated rings. The molecule has 0 atom stereocenters. The topological polar surface area (TPSA) is 39.2 Å². The Hall–Kier alpha value is -1.59. The summed E-state index contributed by atoms with van der Waals surface area (Å²) >= 11 is 0. The average molecular weight is 247 g/mol. The van der Waals surface area contributed by atoms with E-state index in [2.05, 4.69) is 9.72 Å². The highest BCUT2D eigenvalue weighted by atomic mass is 19.3. The molecule has 1 heterocycles. The maximum atomic E-state index is 13.1. The Bertz CT molecular complexity index is 421. The summed E-state index contributed by atoms with van der Waals surface area (Å²) in [6.45, 7) is 3.33. The lowest BCUT2D eigenvalue weighted by Gasteiger charge is -2.08. The normalized spacial score (nSPS) is 10.7. The lowest BCUT2D eigenvalue weighted by Crippen LogP contribution is -2.12. The minimum atomic E-state index is -3.00. The van der Waals surface area contributed by atoms with Crippen LogP contribution in [0.15, 0.2) is 6.07 Å².